The van der Waals surface area contributed by atoms with Crippen molar-refractivity contribution in [2.45, 2.75) is 10.7 Å². The van der Waals surface area contributed by atoms with Crippen LogP contribution in [0, 0.1) is 11.8 Å². The van der Waals surface area contributed by atoms with Crippen molar-refractivity contribution < 1.29 is 0 Å². The van der Waals surface area contributed by atoms with E-state index in [9.17, 15) is 0 Å². The fraction of sp³-hybridized carbons (Fsp3) is 1.00. The van der Waals surface area contributed by atoms with Crippen LogP contribution in [0.4, 0.5) is 0 Å². The summed E-state index contributed by atoms with van der Waals surface area (Å²) in [6.07, 6.45) is 1.38. The smallest absolute Gasteiger partial charge is 0.0336 e. The Labute approximate surface area is 56.4 Å². The van der Waals surface area contributed by atoms with Crippen LogP contribution in [0.1, 0.15) is 6.42 Å². The zero-order chi connectivity index (χ0) is 5.07. The molecular formula is C5H6BrCl. The summed E-state index contributed by atoms with van der Waals surface area (Å²) in [5.74, 6) is 2.65. The minimum atomic E-state index is 0.564. The molecule has 0 unspecified atom stereocenters. The molecule has 0 aromatic rings. The van der Waals surface area contributed by atoms with Crippen molar-refractivity contribution in [2.75, 3.05) is 5.88 Å². The minimum Gasteiger partial charge on any atom is -0.126 e. The third kappa shape index (κ3) is 0.394. The first kappa shape index (κ1) is 4.63. The topological polar surface area (TPSA) is 0 Å². The predicted molar refractivity (Wildman–Crippen MR) is 34.0 cm³/mol. The van der Waals surface area contributed by atoms with Gasteiger partial charge in [0.15, 0.2) is 0 Å². The van der Waals surface area contributed by atoms with E-state index in [2.05, 4.69) is 15.9 Å². The largest absolute Gasteiger partial charge is 0.126 e. The van der Waals surface area contributed by atoms with E-state index < -0.39 is 0 Å². The summed E-state index contributed by atoms with van der Waals surface area (Å²) in [4.78, 5) is 0. The van der Waals surface area contributed by atoms with Crippen molar-refractivity contribution in [1.82, 2.24) is 0 Å². The van der Waals surface area contributed by atoms with Gasteiger partial charge in [0, 0.05) is 10.2 Å². The van der Waals surface area contributed by atoms with Gasteiger partial charge in [-0.2, -0.15) is 0 Å². The first-order valence-corrected chi connectivity index (χ1v) is 3.86. The van der Waals surface area contributed by atoms with E-state index >= 15 is 0 Å². The molecule has 0 aromatic carbocycles. The van der Waals surface area contributed by atoms with Crippen molar-refractivity contribution in [1.29, 1.82) is 0 Å². The van der Waals surface area contributed by atoms with Gasteiger partial charge in [0.05, 0.1) is 0 Å². The highest BCUT2D eigenvalue weighted by Gasteiger charge is 2.76. The average Bonchev–Trinajstić information content (AvgIpc) is 2.28. The van der Waals surface area contributed by atoms with Gasteiger partial charge in [-0.05, 0) is 18.3 Å². The van der Waals surface area contributed by atoms with Crippen molar-refractivity contribution in [3.63, 3.8) is 0 Å². The molecule has 0 radical (unpaired) electrons. The molecule has 0 amide bonds. The summed E-state index contributed by atoms with van der Waals surface area (Å²) >= 11 is 9.19. The standard InChI is InChI=1S/C5H6BrCl/c6-5-1-3(5)4(5)2-7/h3-4H,1-2H2/t3-,4-,5+/m1/s1. The van der Waals surface area contributed by atoms with Crippen LogP contribution in [0.3, 0.4) is 0 Å². The zero-order valence-electron chi connectivity index (χ0n) is 3.82. The summed E-state index contributed by atoms with van der Waals surface area (Å²) in [6, 6.07) is 0. The molecule has 2 heteroatoms. The van der Waals surface area contributed by atoms with Crippen LogP contribution in [-0.4, -0.2) is 10.2 Å². The molecule has 2 aliphatic carbocycles. The van der Waals surface area contributed by atoms with Crippen molar-refractivity contribution >= 4 is 27.5 Å². The molecule has 40 valence electrons. The van der Waals surface area contributed by atoms with E-state index in [1.165, 1.54) is 6.42 Å². The normalized spacial score (nSPS) is 64.3. The molecule has 2 saturated carbocycles. The lowest BCUT2D eigenvalue weighted by Gasteiger charge is -1.96. The highest BCUT2D eigenvalue weighted by atomic mass is 79.9. The Balaban J connectivity index is 2.02. The van der Waals surface area contributed by atoms with Gasteiger partial charge in [-0.25, -0.2) is 0 Å². The third-order valence-corrected chi connectivity index (χ3v) is 3.98. The predicted octanol–water partition coefficient (Wildman–Crippen LogP) is 2.01. The Hall–Kier alpha value is 0.770. The lowest BCUT2D eigenvalue weighted by atomic mass is 10.2. The van der Waals surface area contributed by atoms with E-state index in [-0.39, 0.29) is 0 Å². The molecule has 2 fully saturated rings. The monoisotopic (exact) mass is 180 g/mol. The number of hydrogen-bond donors (Lipinski definition) is 0. The van der Waals surface area contributed by atoms with E-state index in [1.54, 1.807) is 0 Å². The fourth-order valence-electron chi connectivity index (χ4n) is 1.21. The summed E-state index contributed by atoms with van der Waals surface area (Å²) in [7, 11) is 0. The summed E-state index contributed by atoms with van der Waals surface area (Å²) in [5.41, 5.74) is 0. The molecule has 0 aromatic heterocycles. The molecule has 0 heterocycles. The van der Waals surface area contributed by atoms with E-state index in [4.69, 9.17) is 11.6 Å². The van der Waals surface area contributed by atoms with Crippen LogP contribution in [0.15, 0.2) is 0 Å². The number of hydrogen-bond acceptors (Lipinski definition) is 0. The van der Waals surface area contributed by atoms with Gasteiger partial charge in [-0.1, -0.05) is 15.9 Å². The lowest BCUT2D eigenvalue weighted by molar-refractivity contribution is 0.709. The Morgan fingerprint density at radius 3 is 2.43 bits per heavy atom. The average molecular weight is 181 g/mol. The SMILES string of the molecule is ClC[C@@H]1[C@H]2C[C@@]12Br. The Bertz CT molecular complexity index is 115. The fourth-order valence-corrected chi connectivity index (χ4v) is 2.91. The molecule has 0 N–H and O–H groups in total. The first-order valence-electron chi connectivity index (χ1n) is 2.54. The molecule has 7 heavy (non-hydrogen) atoms. The first-order chi connectivity index (χ1) is 3.29. The molecule has 2 rings (SSSR count). The van der Waals surface area contributed by atoms with Gasteiger partial charge in [0.2, 0.25) is 0 Å². The number of alkyl halides is 2. The molecule has 0 saturated heterocycles. The van der Waals surface area contributed by atoms with Gasteiger partial charge in [0.25, 0.3) is 0 Å². The van der Waals surface area contributed by atoms with Crippen LogP contribution in [0.2, 0.25) is 0 Å². The molecular weight excluding hydrogens is 175 g/mol. The Morgan fingerprint density at radius 1 is 1.86 bits per heavy atom. The second kappa shape index (κ2) is 1.03. The second-order valence-corrected chi connectivity index (χ2v) is 4.28. The quantitative estimate of drug-likeness (QED) is 0.543. The van der Waals surface area contributed by atoms with Gasteiger partial charge >= 0.3 is 0 Å². The second-order valence-electron chi connectivity index (χ2n) is 2.50. The van der Waals surface area contributed by atoms with Gasteiger partial charge in [-0.15, -0.1) is 11.6 Å². The van der Waals surface area contributed by atoms with Crippen LogP contribution in [-0.2, 0) is 0 Å². The zero-order valence-corrected chi connectivity index (χ0v) is 6.17. The van der Waals surface area contributed by atoms with E-state index in [1.807, 2.05) is 0 Å². The summed E-state index contributed by atoms with van der Waals surface area (Å²) in [6.45, 7) is 0. The van der Waals surface area contributed by atoms with Crippen LogP contribution in [0.25, 0.3) is 0 Å². The van der Waals surface area contributed by atoms with Gasteiger partial charge in [-0.3, -0.25) is 0 Å². The lowest BCUT2D eigenvalue weighted by Crippen LogP contribution is -1.96. The minimum absolute atomic E-state index is 0.564. The molecule has 0 bridgehead atoms. The molecule has 2 aliphatic rings. The number of rotatable bonds is 1. The Morgan fingerprint density at radius 2 is 2.43 bits per heavy atom. The Kier molecular flexibility index (Phi) is 0.683. The highest BCUT2D eigenvalue weighted by Crippen LogP contribution is 2.77. The van der Waals surface area contributed by atoms with Crippen LogP contribution >= 0.6 is 27.5 Å². The number of halogens is 2. The maximum Gasteiger partial charge on any atom is 0.0336 e. The van der Waals surface area contributed by atoms with Gasteiger partial charge < -0.3 is 0 Å². The van der Waals surface area contributed by atoms with Crippen molar-refractivity contribution in [3.8, 4) is 0 Å². The molecule has 0 nitrogen and oxygen atoms in total. The summed E-state index contributed by atoms with van der Waals surface area (Å²) < 4.78 is 0.564. The maximum absolute atomic E-state index is 5.58. The molecule has 3 atom stereocenters. The molecule has 0 spiro atoms. The van der Waals surface area contributed by atoms with Gasteiger partial charge in [0.1, 0.15) is 0 Å². The van der Waals surface area contributed by atoms with E-state index in [0.717, 1.165) is 17.7 Å². The van der Waals surface area contributed by atoms with Crippen LogP contribution in [0.5, 0.6) is 0 Å². The third-order valence-electron chi connectivity index (χ3n) is 2.15. The molecule has 0 aliphatic heterocycles. The van der Waals surface area contributed by atoms with Crippen LogP contribution < -0.4 is 0 Å². The summed E-state index contributed by atoms with van der Waals surface area (Å²) in [5, 5.41) is 0. The van der Waals surface area contributed by atoms with Crippen molar-refractivity contribution in [3.05, 3.63) is 0 Å². The van der Waals surface area contributed by atoms with E-state index in [0.29, 0.717) is 4.32 Å². The highest BCUT2D eigenvalue weighted by molar-refractivity contribution is 9.10. The maximum atomic E-state index is 5.58. The number of fused-ring (bicyclic) bond motifs is 1. The van der Waals surface area contributed by atoms with Crippen molar-refractivity contribution in [2.24, 2.45) is 11.8 Å².